The van der Waals surface area contributed by atoms with Crippen molar-refractivity contribution in [2.24, 2.45) is 0 Å². The van der Waals surface area contributed by atoms with E-state index in [0.29, 0.717) is 12.4 Å². The van der Waals surface area contributed by atoms with Gasteiger partial charge in [0, 0.05) is 18.9 Å². The van der Waals surface area contributed by atoms with Gasteiger partial charge in [0.15, 0.2) is 5.82 Å². The normalized spacial score (nSPS) is 10.3. The molecule has 1 aromatic carbocycles. The van der Waals surface area contributed by atoms with Crippen molar-refractivity contribution in [3.8, 4) is 11.3 Å². The van der Waals surface area contributed by atoms with Crippen molar-refractivity contribution < 1.29 is 8.78 Å². The van der Waals surface area contributed by atoms with Gasteiger partial charge in [0.1, 0.15) is 17.3 Å². The van der Waals surface area contributed by atoms with Crippen molar-refractivity contribution in [1.82, 2.24) is 9.97 Å². The Balaban J connectivity index is 2.60. The zero-order valence-electron chi connectivity index (χ0n) is 9.24. The Labute approximate surface area is 97.5 Å². The zero-order chi connectivity index (χ0) is 12.3. The smallest absolute Gasteiger partial charge is 0.152 e. The van der Waals surface area contributed by atoms with E-state index in [9.17, 15) is 8.78 Å². The maximum Gasteiger partial charge on any atom is 0.152 e. The molecule has 3 nitrogen and oxygen atoms in total. The topological polar surface area (TPSA) is 37.8 Å². The monoisotopic (exact) mass is 235 g/mol. The fraction of sp³-hybridized carbons (Fsp3) is 0.167. The SMILES string of the molecule is CCNc1nccnc1-c1c(F)cccc1F. The molecule has 0 amide bonds. The van der Waals surface area contributed by atoms with Crippen LogP contribution in [0.4, 0.5) is 14.6 Å². The minimum atomic E-state index is -0.648. The molecule has 1 aromatic heterocycles. The molecule has 2 aromatic rings. The van der Waals surface area contributed by atoms with Crippen molar-refractivity contribution in [2.45, 2.75) is 6.92 Å². The molecule has 0 spiro atoms. The van der Waals surface area contributed by atoms with Crippen LogP contribution in [0.1, 0.15) is 6.92 Å². The lowest BCUT2D eigenvalue weighted by atomic mass is 10.1. The summed E-state index contributed by atoms with van der Waals surface area (Å²) in [6, 6.07) is 3.71. The van der Waals surface area contributed by atoms with Gasteiger partial charge in [-0.15, -0.1) is 0 Å². The number of aromatic nitrogens is 2. The molecule has 5 heteroatoms. The van der Waals surface area contributed by atoms with E-state index < -0.39 is 11.6 Å². The van der Waals surface area contributed by atoms with Crippen LogP contribution in [0.15, 0.2) is 30.6 Å². The molecule has 0 radical (unpaired) electrons. The first kappa shape index (κ1) is 11.4. The summed E-state index contributed by atoms with van der Waals surface area (Å²) in [6.45, 7) is 2.47. The highest BCUT2D eigenvalue weighted by atomic mass is 19.1. The van der Waals surface area contributed by atoms with Gasteiger partial charge in [-0.2, -0.15) is 0 Å². The van der Waals surface area contributed by atoms with Crippen LogP contribution in [0.2, 0.25) is 0 Å². The summed E-state index contributed by atoms with van der Waals surface area (Å²) in [6.07, 6.45) is 2.88. The Kier molecular flexibility index (Phi) is 3.27. The molecule has 0 aliphatic rings. The molecule has 0 bridgehead atoms. The van der Waals surface area contributed by atoms with Gasteiger partial charge in [0.2, 0.25) is 0 Å². The number of hydrogen-bond acceptors (Lipinski definition) is 3. The lowest BCUT2D eigenvalue weighted by Gasteiger charge is -2.09. The number of benzene rings is 1. The van der Waals surface area contributed by atoms with E-state index in [-0.39, 0.29) is 11.3 Å². The molecule has 1 heterocycles. The van der Waals surface area contributed by atoms with Gasteiger partial charge < -0.3 is 5.32 Å². The first-order chi connectivity index (χ1) is 8.24. The van der Waals surface area contributed by atoms with Crippen molar-refractivity contribution in [1.29, 1.82) is 0 Å². The number of rotatable bonds is 3. The molecule has 0 fully saturated rings. The highest BCUT2D eigenvalue weighted by Gasteiger charge is 2.16. The number of anilines is 1. The molecule has 0 atom stereocenters. The van der Waals surface area contributed by atoms with Gasteiger partial charge in [-0.3, -0.25) is 4.98 Å². The second-order valence-electron chi connectivity index (χ2n) is 3.38. The van der Waals surface area contributed by atoms with E-state index in [1.165, 1.54) is 30.6 Å². The molecular weight excluding hydrogens is 224 g/mol. The second-order valence-corrected chi connectivity index (χ2v) is 3.38. The summed E-state index contributed by atoms with van der Waals surface area (Å²) in [5, 5.41) is 2.92. The Morgan fingerprint density at radius 2 is 1.76 bits per heavy atom. The summed E-state index contributed by atoms with van der Waals surface area (Å²) in [5.74, 6) is -0.923. The number of halogens is 2. The standard InChI is InChI=1S/C12H11F2N3/c1-2-15-12-11(16-6-7-17-12)10-8(13)4-3-5-9(10)14/h3-7H,2H2,1H3,(H,15,17). The Morgan fingerprint density at radius 1 is 1.12 bits per heavy atom. The molecule has 88 valence electrons. The highest BCUT2D eigenvalue weighted by Crippen LogP contribution is 2.28. The third-order valence-electron chi connectivity index (χ3n) is 2.24. The van der Waals surface area contributed by atoms with Crippen molar-refractivity contribution in [3.63, 3.8) is 0 Å². The minimum Gasteiger partial charge on any atom is -0.369 e. The van der Waals surface area contributed by atoms with Crippen molar-refractivity contribution >= 4 is 5.82 Å². The second kappa shape index (κ2) is 4.86. The van der Waals surface area contributed by atoms with Crippen LogP contribution >= 0.6 is 0 Å². The van der Waals surface area contributed by atoms with Crippen molar-refractivity contribution in [2.75, 3.05) is 11.9 Å². The Morgan fingerprint density at radius 3 is 2.41 bits per heavy atom. The summed E-state index contributed by atoms with van der Waals surface area (Å²) in [4.78, 5) is 8.00. The third-order valence-corrected chi connectivity index (χ3v) is 2.24. The molecule has 2 rings (SSSR count). The van der Waals surface area contributed by atoms with Gasteiger partial charge in [0.25, 0.3) is 0 Å². The van der Waals surface area contributed by atoms with Crippen LogP contribution in [0.3, 0.4) is 0 Å². The molecule has 17 heavy (non-hydrogen) atoms. The van der Waals surface area contributed by atoms with Crippen LogP contribution in [0, 0.1) is 11.6 Å². The summed E-state index contributed by atoms with van der Waals surface area (Å²) in [5.41, 5.74) is 0.0292. The van der Waals surface area contributed by atoms with E-state index in [1.807, 2.05) is 6.92 Å². The summed E-state index contributed by atoms with van der Waals surface area (Å²) in [7, 11) is 0. The number of nitrogens with one attached hydrogen (secondary N) is 1. The molecule has 1 N–H and O–H groups in total. The van der Waals surface area contributed by atoms with Crippen LogP contribution in [0.5, 0.6) is 0 Å². The van der Waals surface area contributed by atoms with Gasteiger partial charge in [-0.05, 0) is 19.1 Å². The highest BCUT2D eigenvalue weighted by molar-refractivity contribution is 5.71. The predicted octanol–water partition coefficient (Wildman–Crippen LogP) is 2.85. The molecule has 0 saturated carbocycles. The Hall–Kier alpha value is -2.04. The van der Waals surface area contributed by atoms with Crippen molar-refractivity contribution in [3.05, 3.63) is 42.2 Å². The van der Waals surface area contributed by atoms with Crippen LogP contribution in [-0.4, -0.2) is 16.5 Å². The van der Waals surface area contributed by atoms with E-state index >= 15 is 0 Å². The molecule has 0 unspecified atom stereocenters. The fourth-order valence-electron chi connectivity index (χ4n) is 1.54. The third kappa shape index (κ3) is 2.22. The van der Waals surface area contributed by atoms with Gasteiger partial charge in [-0.25, -0.2) is 13.8 Å². The fourth-order valence-corrected chi connectivity index (χ4v) is 1.54. The number of hydrogen-bond donors (Lipinski definition) is 1. The van der Waals surface area contributed by atoms with E-state index in [4.69, 9.17) is 0 Å². The summed E-state index contributed by atoms with van der Waals surface area (Å²) >= 11 is 0. The van der Waals surface area contributed by atoms with Gasteiger partial charge in [-0.1, -0.05) is 6.07 Å². The average Bonchev–Trinajstić information content (AvgIpc) is 2.31. The first-order valence-corrected chi connectivity index (χ1v) is 5.23. The lowest BCUT2D eigenvalue weighted by molar-refractivity contribution is 0.588. The zero-order valence-corrected chi connectivity index (χ0v) is 9.24. The molecule has 0 saturated heterocycles. The van der Waals surface area contributed by atoms with Gasteiger partial charge in [0.05, 0.1) is 5.56 Å². The average molecular weight is 235 g/mol. The largest absolute Gasteiger partial charge is 0.369 e. The Bertz CT molecular complexity index is 509. The maximum absolute atomic E-state index is 13.6. The molecular formula is C12H11F2N3. The van der Waals surface area contributed by atoms with E-state index in [0.717, 1.165) is 0 Å². The van der Waals surface area contributed by atoms with E-state index in [2.05, 4.69) is 15.3 Å². The lowest BCUT2D eigenvalue weighted by Crippen LogP contribution is -2.04. The van der Waals surface area contributed by atoms with Crippen LogP contribution < -0.4 is 5.32 Å². The molecule has 0 aliphatic carbocycles. The maximum atomic E-state index is 13.6. The number of nitrogens with zero attached hydrogens (tertiary/aromatic N) is 2. The summed E-state index contributed by atoms with van der Waals surface area (Å²) < 4.78 is 27.2. The molecule has 0 aliphatic heterocycles. The minimum absolute atomic E-state index is 0.156. The van der Waals surface area contributed by atoms with E-state index in [1.54, 1.807) is 0 Å². The quantitative estimate of drug-likeness (QED) is 0.888. The van der Waals surface area contributed by atoms with Crippen LogP contribution in [0.25, 0.3) is 11.3 Å². The predicted molar refractivity (Wildman–Crippen MR) is 61.5 cm³/mol. The van der Waals surface area contributed by atoms with Gasteiger partial charge >= 0.3 is 0 Å². The van der Waals surface area contributed by atoms with Crippen LogP contribution in [-0.2, 0) is 0 Å². The first-order valence-electron chi connectivity index (χ1n) is 5.23.